The zero-order valence-electron chi connectivity index (χ0n) is 16.5. The lowest BCUT2D eigenvalue weighted by molar-refractivity contribution is -0.138. The minimum absolute atomic E-state index is 0.391. The third kappa shape index (κ3) is 12.8. The van der Waals surface area contributed by atoms with Gasteiger partial charge in [0.1, 0.15) is 0 Å². The Labute approximate surface area is 155 Å². The van der Waals surface area contributed by atoms with Crippen LogP contribution in [0.3, 0.4) is 0 Å². The molecule has 1 N–H and O–H groups in total. The molecule has 0 saturated heterocycles. The van der Waals surface area contributed by atoms with Crippen LogP contribution in [0.5, 0.6) is 0 Å². The first kappa shape index (κ1) is 23.9. The minimum atomic E-state index is -1.20. The maximum atomic E-state index is 11.4. The summed E-state index contributed by atoms with van der Waals surface area (Å²) in [6, 6.07) is 5.69. The molecule has 0 heterocycles. The summed E-state index contributed by atoms with van der Waals surface area (Å²) in [7, 11) is -1.20. The molecule has 0 bridgehead atoms. The summed E-state index contributed by atoms with van der Waals surface area (Å²) < 4.78 is 5.08. The lowest BCUT2D eigenvalue weighted by Gasteiger charge is -2.32. The molecule has 0 aliphatic carbocycles. The van der Waals surface area contributed by atoms with Crippen LogP contribution in [-0.4, -0.2) is 31.7 Å². The number of carboxylic acid groups (broad SMARTS) is 1. The van der Waals surface area contributed by atoms with Crippen molar-refractivity contribution in [2.24, 2.45) is 0 Å². The van der Waals surface area contributed by atoms with E-state index in [2.05, 4.69) is 20.8 Å². The Bertz CT molecular complexity index is 371. The molecule has 146 valence electrons. The van der Waals surface area contributed by atoms with Crippen molar-refractivity contribution in [2.45, 2.75) is 96.3 Å². The van der Waals surface area contributed by atoms with E-state index in [1.165, 1.54) is 62.7 Å². The number of unbranched alkanes of at least 4 members (excludes halogenated alkanes) is 4. The second kappa shape index (κ2) is 15.2. The molecule has 0 spiro atoms. The summed E-state index contributed by atoms with van der Waals surface area (Å²) >= 11 is 0. The smallest absolute Gasteiger partial charge is 0.331 e. The summed E-state index contributed by atoms with van der Waals surface area (Å²) in [6.07, 6.45) is 11.7. The second-order valence-electron chi connectivity index (χ2n) is 7.11. The van der Waals surface area contributed by atoms with Crippen molar-refractivity contribution in [1.29, 1.82) is 0 Å². The number of carbonyl (C=O) groups is 2. The highest BCUT2D eigenvalue weighted by molar-refractivity contribution is 6.79. The minimum Gasteiger partial charge on any atom is -0.478 e. The van der Waals surface area contributed by atoms with E-state index >= 15 is 0 Å². The number of ether oxygens (including phenoxy) is 1. The molecule has 25 heavy (non-hydrogen) atoms. The summed E-state index contributed by atoms with van der Waals surface area (Å²) in [5, 5.41) is 8.48. The number of carbonyl (C=O) groups excluding carboxylic acids is 1. The molecule has 0 amide bonds. The third-order valence-electron chi connectivity index (χ3n) is 4.89. The van der Waals surface area contributed by atoms with Gasteiger partial charge in [0.15, 0.2) is 0 Å². The Kier molecular flexibility index (Phi) is 14.5. The van der Waals surface area contributed by atoms with E-state index in [0.29, 0.717) is 6.61 Å². The largest absolute Gasteiger partial charge is 0.478 e. The van der Waals surface area contributed by atoms with Crippen LogP contribution in [0.25, 0.3) is 0 Å². The zero-order valence-corrected chi connectivity index (χ0v) is 17.5. The van der Waals surface area contributed by atoms with Gasteiger partial charge < -0.3 is 9.84 Å². The molecule has 0 aliphatic rings. The predicted octanol–water partition coefficient (Wildman–Crippen LogP) is 5.80. The van der Waals surface area contributed by atoms with Gasteiger partial charge in [-0.25, -0.2) is 9.59 Å². The standard InChI is InChI=1S/C20H38O4Si/c1-4-7-15-25(16-8-5-2,17-9-6-3)18-11-10-14-24-20(23)13-12-19(21)22/h12-13H,4-11,14-18H2,1-3H3,(H,21,22). The van der Waals surface area contributed by atoms with Crippen molar-refractivity contribution in [3.63, 3.8) is 0 Å². The van der Waals surface area contributed by atoms with Gasteiger partial charge >= 0.3 is 11.9 Å². The van der Waals surface area contributed by atoms with Crippen LogP contribution in [0, 0.1) is 0 Å². The Morgan fingerprint density at radius 2 is 1.28 bits per heavy atom. The van der Waals surface area contributed by atoms with E-state index in [1.807, 2.05) is 0 Å². The topological polar surface area (TPSA) is 63.6 Å². The van der Waals surface area contributed by atoms with Crippen LogP contribution in [0.1, 0.15) is 72.1 Å². The van der Waals surface area contributed by atoms with Gasteiger partial charge in [-0.2, -0.15) is 0 Å². The van der Waals surface area contributed by atoms with Crippen LogP contribution in [0.4, 0.5) is 0 Å². The average Bonchev–Trinajstić information content (AvgIpc) is 2.60. The van der Waals surface area contributed by atoms with Gasteiger partial charge in [0.05, 0.1) is 14.7 Å². The zero-order chi connectivity index (χ0) is 19.0. The summed E-state index contributed by atoms with van der Waals surface area (Å²) in [5.41, 5.74) is 0. The van der Waals surface area contributed by atoms with E-state index in [1.54, 1.807) is 0 Å². The van der Waals surface area contributed by atoms with Crippen LogP contribution in [-0.2, 0) is 14.3 Å². The molecule has 5 heteroatoms. The molecule has 0 rings (SSSR count). The van der Waals surface area contributed by atoms with Crippen molar-refractivity contribution >= 4 is 20.0 Å². The lowest BCUT2D eigenvalue weighted by Crippen LogP contribution is -2.33. The first-order chi connectivity index (χ1) is 12.0. The highest BCUT2D eigenvalue weighted by Crippen LogP contribution is 2.33. The molecule has 0 aromatic rings. The van der Waals surface area contributed by atoms with E-state index < -0.39 is 20.0 Å². The Hall–Kier alpha value is -1.10. The Morgan fingerprint density at radius 1 is 0.800 bits per heavy atom. The molecule has 0 aromatic carbocycles. The SMILES string of the molecule is CCCC[Si](CCCC)(CCCC)CCCCOC(=O)C=CC(=O)O. The van der Waals surface area contributed by atoms with Crippen LogP contribution in [0.15, 0.2) is 12.2 Å². The van der Waals surface area contributed by atoms with Gasteiger partial charge in [0, 0.05) is 12.2 Å². The first-order valence-electron chi connectivity index (χ1n) is 10.1. The molecule has 0 aliphatic heterocycles. The normalized spacial score (nSPS) is 11.8. The van der Waals surface area contributed by atoms with Crippen molar-refractivity contribution in [2.75, 3.05) is 6.61 Å². The molecule has 0 atom stereocenters. The number of rotatable bonds is 16. The third-order valence-corrected chi connectivity index (χ3v) is 10.5. The summed E-state index contributed by atoms with van der Waals surface area (Å²) in [4.78, 5) is 21.7. The van der Waals surface area contributed by atoms with Crippen molar-refractivity contribution < 1.29 is 19.4 Å². The monoisotopic (exact) mass is 370 g/mol. The first-order valence-corrected chi connectivity index (χ1v) is 12.9. The number of carboxylic acids is 1. The second-order valence-corrected chi connectivity index (χ2v) is 12.1. The molecular weight excluding hydrogens is 332 g/mol. The average molecular weight is 371 g/mol. The number of hydrogen-bond donors (Lipinski definition) is 1. The Balaban J connectivity index is 4.38. The molecular formula is C20H38O4Si. The maximum absolute atomic E-state index is 11.4. The van der Waals surface area contributed by atoms with Gasteiger partial charge in [0.25, 0.3) is 0 Å². The summed E-state index contributed by atoms with van der Waals surface area (Å²) in [5.74, 6) is -1.69. The number of aliphatic carboxylic acids is 1. The highest BCUT2D eigenvalue weighted by Gasteiger charge is 2.30. The molecule has 0 aromatic heterocycles. The highest BCUT2D eigenvalue weighted by atomic mass is 28.3. The van der Waals surface area contributed by atoms with Crippen molar-refractivity contribution in [3.05, 3.63) is 12.2 Å². The number of esters is 1. The maximum Gasteiger partial charge on any atom is 0.331 e. The lowest BCUT2D eigenvalue weighted by atomic mass is 10.3. The quantitative estimate of drug-likeness (QED) is 0.161. The van der Waals surface area contributed by atoms with E-state index in [0.717, 1.165) is 25.0 Å². The van der Waals surface area contributed by atoms with Gasteiger partial charge in [-0.05, 0) is 6.42 Å². The molecule has 0 saturated carbocycles. The Morgan fingerprint density at radius 3 is 1.72 bits per heavy atom. The molecule has 0 radical (unpaired) electrons. The fourth-order valence-corrected chi connectivity index (χ4v) is 9.18. The van der Waals surface area contributed by atoms with Crippen molar-refractivity contribution in [1.82, 2.24) is 0 Å². The fraction of sp³-hybridized carbons (Fsp3) is 0.800. The van der Waals surface area contributed by atoms with Crippen molar-refractivity contribution in [3.8, 4) is 0 Å². The van der Waals surface area contributed by atoms with E-state index in [9.17, 15) is 9.59 Å². The molecule has 4 nitrogen and oxygen atoms in total. The molecule has 0 fully saturated rings. The van der Waals surface area contributed by atoms with E-state index in [4.69, 9.17) is 9.84 Å². The van der Waals surface area contributed by atoms with Crippen LogP contribution in [0.2, 0.25) is 24.2 Å². The molecule has 0 unspecified atom stereocenters. The van der Waals surface area contributed by atoms with Crippen LogP contribution < -0.4 is 0 Å². The number of hydrogen-bond acceptors (Lipinski definition) is 3. The van der Waals surface area contributed by atoms with E-state index in [-0.39, 0.29) is 0 Å². The van der Waals surface area contributed by atoms with Gasteiger partial charge in [0.2, 0.25) is 0 Å². The summed E-state index contributed by atoms with van der Waals surface area (Å²) in [6.45, 7) is 7.23. The van der Waals surface area contributed by atoms with Crippen LogP contribution >= 0.6 is 0 Å². The predicted molar refractivity (Wildman–Crippen MR) is 107 cm³/mol. The fourth-order valence-electron chi connectivity index (χ4n) is 3.37. The van der Waals surface area contributed by atoms with Gasteiger partial charge in [-0.1, -0.05) is 89.9 Å². The van der Waals surface area contributed by atoms with Gasteiger partial charge in [-0.15, -0.1) is 0 Å². The van der Waals surface area contributed by atoms with Gasteiger partial charge in [-0.3, -0.25) is 0 Å².